The van der Waals surface area contributed by atoms with Crippen LogP contribution in [-0.4, -0.2) is 18.4 Å². The first kappa shape index (κ1) is 18.9. The van der Waals surface area contributed by atoms with Gasteiger partial charge in [-0.25, -0.2) is 18.4 Å². The van der Waals surface area contributed by atoms with Crippen LogP contribution in [0.15, 0.2) is 56.2 Å². The molecule has 26 heavy (non-hydrogen) atoms. The lowest BCUT2D eigenvalue weighted by molar-refractivity contribution is 0.391. The molecule has 0 unspecified atom stereocenters. The highest BCUT2D eigenvalue weighted by molar-refractivity contribution is 8.00. The lowest BCUT2D eigenvalue weighted by Gasteiger charge is -2.12. The van der Waals surface area contributed by atoms with Crippen molar-refractivity contribution < 1.29 is 12.8 Å². The summed E-state index contributed by atoms with van der Waals surface area (Å²) < 4.78 is 33.8. The number of thiazole rings is 1. The summed E-state index contributed by atoms with van der Waals surface area (Å²) in [6.07, 6.45) is 3.40. The Morgan fingerprint density at radius 3 is 2.54 bits per heavy atom. The van der Waals surface area contributed by atoms with Crippen LogP contribution in [0.4, 0.5) is 5.13 Å². The van der Waals surface area contributed by atoms with Gasteiger partial charge in [-0.2, -0.15) is 0 Å². The number of hydrogen-bond acceptors (Lipinski definition) is 7. The van der Waals surface area contributed by atoms with Gasteiger partial charge >= 0.3 is 0 Å². The van der Waals surface area contributed by atoms with Gasteiger partial charge in [0.25, 0.3) is 10.0 Å². The summed E-state index contributed by atoms with van der Waals surface area (Å²) >= 11 is 2.78. The van der Waals surface area contributed by atoms with Crippen LogP contribution < -0.4 is 4.72 Å². The Morgan fingerprint density at radius 1 is 1.15 bits per heavy atom. The highest BCUT2D eigenvalue weighted by Crippen LogP contribution is 2.32. The minimum absolute atomic E-state index is 0.0801. The zero-order chi connectivity index (χ0) is 18.8. The largest absolute Gasteiger partial charge is 0.444 e. The number of thioether (sulfide) groups is 1. The Bertz CT molecular complexity index is 973. The van der Waals surface area contributed by atoms with E-state index in [9.17, 15) is 8.42 Å². The lowest BCUT2D eigenvalue weighted by Crippen LogP contribution is -2.12. The molecule has 0 fully saturated rings. The van der Waals surface area contributed by atoms with Crippen molar-refractivity contribution in [2.45, 2.75) is 41.0 Å². The predicted octanol–water partition coefficient (Wildman–Crippen LogP) is 4.52. The Hall–Kier alpha value is -1.84. The molecule has 0 aliphatic carbocycles. The van der Waals surface area contributed by atoms with E-state index in [1.807, 2.05) is 0 Å². The summed E-state index contributed by atoms with van der Waals surface area (Å²) in [5.74, 6) is 2.04. The first-order valence-electron chi connectivity index (χ1n) is 7.86. The van der Waals surface area contributed by atoms with Gasteiger partial charge < -0.3 is 4.42 Å². The van der Waals surface area contributed by atoms with Gasteiger partial charge in [-0.05, 0) is 12.1 Å². The molecule has 9 heteroatoms. The summed E-state index contributed by atoms with van der Waals surface area (Å²) in [5, 5.41) is 0.333. The van der Waals surface area contributed by atoms with Gasteiger partial charge in [0.15, 0.2) is 5.13 Å². The molecule has 0 radical (unpaired) electrons. The molecule has 2 aromatic heterocycles. The summed E-state index contributed by atoms with van der Waals surface area (Å²) in [4.78, 5) is 8.64. The van der Waals surface area contributed by atoms with Gasteiger partial charge in [0.1, 0.15) is 5.76 Å². The number of nitrogens with one attached hydrogen (secondary N) is 1. The topological polar surface area (TPSA) is 85.1 Å². The van der Waals surface area contributed by atoms with E-state index in [1.54, 1.807) is 42.7 Å². The Labute approximate surface area is 161 Å². The Kier molecular flexibility index (Phi) is 5.40. The quantitative estimate of drug-likeness (QED) is 0.603. The van der Waals surface area contributed by atoms with Crippen molar-refractivity contribution in [3.8, 4) is 0 Å². The maximum absolute atomic E-state index is 12.3. The van der Waals surface area contributed by atoms with E-state index in [-0.39, 0.29) is 10.3 Å². The minimum Gasteiger partial charge on any atom is -0.444 e. The van der Waals surface area contributed by atoms with Crippen molar-refractivity contribution in [3.63, 3.8) is 0 Å². The molecule has 0 bridgehead atoms. The summed E-state index contributed by atoms with van der Waals surface area (Å²) in [7, 11) is -3.62. The van der Waals surface area contributed by atoms with Gasteiger partial charge in [0, 0.05) is 5.41 Å². The summed E-state index contributed by atoms with van der Waals surface area (Å²) in [6.45, 7) is 6.20. The van der Waals surface area contributed by atoms with Crippen LogP contribution in [0.2, 0.25) is 0 Å². The van der Waals surface area contributed by atoms with Crippen molar-refractivity contribution in [1.29, 1.82) is 0 Å². The molecule has 0 atom stereocenters. The van der Waals surface area contributed by atoms with Crippen LogP contribution in [-0.2, 0) is 21.2 Å². The fourth-order valence-corrected chi connectivity index (χ4v) is 4.99. The molecule has 0 amide bonds. The standard InChI is InChI=1S/C17H19N3O3S3/c1-17(2,3)13-9-18-14(23-13)11-24-15-10-19-16(25-15)20-26(21,22)12-7-5-4-6-8-12/h4-10H,11H2,1-3H3,(H,19,20). The smallest absolute Gasteiger partial charge is 0.263 e. The number of aromatic nitrogens is 2. The Balaban J connectivity index is 1.62. The predicted molar refractivity (Wildman–Crippen MR) is 104 cm³/mol. The van der Waals surface area contributed by atoms with E-state index in [0.29, 0.717) is 16.8 Å². The van der Waals surface area contributed by atoms with Crippen LogP contribution >= 0.6 is 23.1 Å². The lowest BCUT2D eigenvalue weighted by atomic mass is 9.94. The molecule has 3 rings (SSSR count). The van der Waals surface area contributed by atoms with Crippen molar-refractivity contribution in [3.05, 3.63) is 54.4 Å². The van der Waals surface area contributed by atoms with Crippen LogP contribution in [0.1, 0.15) is 32.4 Å². The molecular weight excluding hydrogens is 390 g/mol. The molecule has 0 saturated heterocycles. The van der Waals surface area contributed by atoms with Crippen molar-refractivity contribution >= 4 is 38.3 Å². The number of sulfonamides is 1. The number of anilines is 1. The number of oxazole rings is 1. The van der Waals surface area contributed by atoms with Crippen LogP contribution in [0.25, 0.3) is 0 Å². The van der Waals surface area contributed by atoms with E-state index in [1.165, 1.54) is 23.1 Å². The molecular formula is C17H19N3O3S3. The fourth-order valence-electron chi connectivity index (χ4n) is 2.00. The zero-order valence-electron chi connectivity index (χ0n) is 14.6. The van der Waals surface area contributed by atoms with E-state index < -0.39 is 10.0 Å². The molecule has 3 aromatic rings. The van der Waals surface area contributed by atoms with E-state index in [4.69, 9.17) is 4.42 Å². The number of rotatable bonds is 6. The van der Waals surface area contributed by atoms with Gasteiger partial charge in [0.05, 0.1) is 27.3 Å². The molecule has 1 N–H and O–H groups in total. The molecule has 0 saturated carbocycles. The molecule has 6 nitrogen and oxygen atoms in total. The van der Waals surface area contributed by atoms with Gasteiger partial charge in [-0.1, -0.05) is 50.3 Å². The van der Waals surface area contributed by atoms with E-state index >= 15 is 0 Å². The third-order valence-electron chi connectivity index (χ3n) is 3.39. The van der Waals surface area contributed by atoms with Gasteiger partial charge in [0.2, 0.25) is 5.89 Å². The maximum Gasteiger partial charge on any atom is 0.263 e. The second-order valence-corrected chi connectivity index (χ2v) is 10.5. The van der Waals surface area contributed by atoms with Gasteiger partial charge in [-0.15, -0.1) is 11.8 Å². The normalized spacial score (nSPS) is 12.3. The molecule has 0 spiro atoms. The van der Waals surface area contributed by atoms with E-state index in [0.717, 1.165) is 9.97 Å². The second kappa shape index (κ2) is 7.42. The fraction of sp³-hybridized carbons (Fsp3) is 0.294. The molecule has 2 heterocycles. The minimum atomic E-state index is -3.62. The van der Waals surface area contributed by atoms with Crippen molar-refractivity contribution in [1.82, 2.24) is 9.97 Å². The Morgan fingerprint density at radius 2 is 1.88 bits per heavy atom. The second-order valence-electron chi connectivity index (χ2n) is 6.56. The molecule has 1 aromatic carbocycles. The summed E-state index contributed by atoms with van der Waals surface area (Å²) in [5.41, 5.74) is -0.0801. The van der Waals surface area contributed by atoms with Crippen LogP contribution in [0, 0.1) is 0 Å². The zero-order valence-corrected chi connectivity index (χ0v) is 17.0. The third kappa shape index (κ3) is 4.66. The van der Waals surface area contributed by atoms with Crippen LogP contribution in [0.5, 0.6) is 0 Å². The van der Waals surface area contributed by atoms with E-state index in [2.05, 4.69) is 35.5 Å². The SMILES string of the molecule is CC(C)(C)c1cnc(CSc2cnc(NS(=O)(=O)c3ccccc3)s2)o1. The third-order valence-corrected chi connectivity index (χ3v) is 6.97. The number of hydrogen-bond donors (Lipinski definition) is 1. The van der Waals surface area contributed by atoms with Gasteiger partial charge in [-0.3, -0.25) is 4.72 Å². The first-order valence-corrected chi connectivity index (χ1v) is 11.1. The van der Waals surface area contributed by atoms with Crippen molar-refractivity contribution in [2.75, 3.05) is 4.72 Å². The maximum atomic E-state index is 12.3. The molecule has 0 aliphatic heterocycles. The average Bonchev–Trinajstić information content (AvgIpc) is 3.22. The first-order chi connectivity index (χ1) is 12.2. The molecule has 138 valence electrons. The number of benzene rings is 1. The molecule has 0 aliphatic rings. The monoisotopic (exact) mass is 409 g/mol. The summed E-state index contributed by atoms with van der Waals surface area (Å²) in [6, 6.07) is 8.21. The van der Waals surface area contributed by atoms with Crippen LogP contribution in [0.3, 0.4) is 0 Å². The highest BCUT2D eigenvalue weighted by atomic mass is 32.2. The number of nitrogens with zero attached hydrogens (tertiary/aromatic N) is 2. The average molecular weight is 410 g/mol. The van der Waals surface area contributed by atoms with Crippen molar-refractivity contribution in [2.24, 2.45) is 0 Å². The highest BCUT2D eigenvalue weighted by Gasteiger charge is 2.19.